The minimum absolute atomic E-state index is 0.0464. The van der Waals surface area contributed by atoms with Crippen molar-refractivity contribution in [2.24, 2.45) is 0 Å². The normalized spacial score (nSPS) is 12.8. The van der Waals surface area contributed by atoms with Gasteiger partial charge in [0, 0.05) is 15.4 Å². The molecule has 1 aromatic heterocycles. The summed E-state index contributed by atoms with van der Waals surface area (Å²) in [5.41, 5.74) is 3.10. The Hall–Kier alpha value is -1.48. The van der Waals surface area contributed by atoms with Gasteiger partial charge in [0.1, 0.15) is 11.3 Å². The molecule has 21 heavy (non-hydrogen) atoms. The van der Waals surface area contributed by atoms with E-state index < -0.39 is 0 Å². The predicted molar refractivity (Wildman–Crippen MR) is 88.3 cm³/mol. The number of benzene rings is 2. The molecule has 0 saturated carbocycles. The lowest BCUT2D eigenvalue weighted by molar-refractivity contribution is 0.490. The van der Waals surface area contributed by atoms with Crippen molar-refractivity contribution in [1.29, 1.82) is 0 Å². The van der Waals surface area contributed by atoms with Crippen molar-refractivity contribution < 1.29 is 4.42 Å². The van der Waals surface area contributed by atoms with Gasteiger partial charge >= 0.3 is 0 Å². The number of rotatable bonds is 3. The third-order valence-corrected chi connectivity index (χ3v) is 4.09. The van der Waals surface area contributed by atoms with Gasteiger partial charge in [0.25, 0.3) is 0 Å². The molecule has 0 aliphatic heterocycles. The third-order valence-electron chi connectivity index (χ3n) is 3.62. The fourth-order valence-electron chi connectivity index (χ4n) is 2.55. The molecular formula is C17H15Cl2NO. The molecule has 1 unspecified atom stereocenters. The number of hydrogen-bond acceptors (Lipinski definition) is 2. The van der Waals surface area contributed by atoms with E-state index in [1.165, 1.54) is 0 Å². The van der Waals surface area contributed by atoms with E-state index in [0.29, 0.717) is 5.02 Å². The molecule has 2 aromatic carbocycles. The molecule has 0 fully saturated rings. The van der Waals surface area contributed by atoms with Gasteiger partial charge < -0.3 is 9.73 Å². The molecule has 0 radical (unpaired) electrons. The number of hydrogen-bond donors (Lipinski definition) is 1. The lowest BCUT2D eigenvalue weighted by Crippen LogP contribution is -2.18. The van der Waals surface area contributed by atoms with Crippen molar-refractivity contribution in [2.45, 2.75) is 13.0 Å². The standard InChI is InChI=1S/C17H15Cl2NO/c1-10-3-4-13(19)9-14(10)17(20-2)16-8-11-7-12(18)5-6-15(11)21-16/h3-9,17,20H,1-2H3. The maximum atomic E-state index is 6.13. The Morgan fingerprint density at radius 3 is 2.48 bits per heavy atom. The molecule has 2 nitrogen and oxygen atoms in total. The van der Waals surface area contributed by atoms with E-state index in [0.717, 1.165) is 32.9 Å². The maximum Gasteiger partial charge on any atom is 0.134 e. The Bertz CT molecular complexity index is 795. The van der Waals surface area contributed by atoms with E-state index in [4.69, 9.17) is 27.6 Å². The minimum Gasteiger partial charge on any atom is -0.459 e. The van der Waals surface area contributed by atoms with Crippen LogP contribution in [-0.2, 0) is 0 Å². The molecular weight excluding hydrogens is 305 g/mol. The van der Waals surface area contributed by atoms with E-state index >= 15 is 0 Å². The summed E-state index contributed by atoms with van der Waals surface area (Å²) < 4.78 is 5.96. The number of fused-ring (bicyclic) bond motifs is 1. The number of halogens is 2. The van der Waals surface area contributed by atoms with Crippen molar-refractivity contribution in [1.82, 2.24) is 5.32 Å². The minimum atomic E-state index is -0.0464. The molecule has 3 aromatic rings. The smallest absolute Gasteiger partial charge is 0.134 e. The second kappa shape index (κ2) is 5.72. The first-order valence-electron chi connectivity index (χ1n) is 6.71. The first-order chi connectivity index (χ1) is 10.1. The average Bonchev–Trinajstić information content (AvgIpc) is 2.86. The summed E-state index contributed by atoms with van der Waals surface area (Å²) in [6.45, 7) is 2.07. The largest absolute Gasteiger partial charge is 0.459 e. The Kier molecular flexibility index (Phi) is 3.94. The van der Waals surface area contributed by atoms with Crippen molar-refractivity contribution in [3.8, 4) is 0 Å². The summed E-state index contributed by atoms with van der Waals surface area (Å²) in [5.74, 6) is 0.847. The van der Waals surface area contributed by atoms with Gasteiger partial charge in [-0.2, -0.15) is 0 Å². The molecule has 4 heteroatoms. The highest BCUT2D eigenvalue weighted by Crippen LogP contribution is 2.32. The molecule has 3 rings (SSSR count). The summed E-state index contributed by atoms with van der Waals surface area (Å²) in [7, 11) is 1.91. The third kappa shape index (κ3) is 2.80. The molecule has 0 spiro atoms. The molecule has 0 saturated heterocycles. The van der Waals surface area contributed by atoms with Gasteiger partial charge in [-0.3, -0.25) is 0 Å². The van der Waals surface area contributed by atoms with Crippen LogP contribution in [0.15, 0.2) is 46.9 Å². The van der Waals surface area contributed by atoms with Gasteiger partial charge in [-0.1, -0.05) is 29.3 Å². The fraction of sp³-hybridized carbons (Fsp3) is 0.176. The van der Waals surface area contributed by atoms with Crippen LogP contribution in [-0.4, -0.2) is 7.05 Å². The van der Waals surface area contributed by atoms with Crippen LogP contribution in [0.2, 0.25) is 10.0 Å². The molecule has 1 N–H and O–H groups in total. The molecule has 1 heterocycles. The van der Waals surface area contributed by atoms with Crippen LogP contribution in [0.5, 0.6) is 0 Å². The van der Waals surface area contributed by atoms with Crippen LogP contribution >= 0.6 is 23.2 Å². The molecule has 0 aliphatic rings. The second-order valence-corrected chi connectivity index (χ2v) is 5.93. The van der Waals surface area contributed by atoms with Crippen molar-refractivity contribution in [3.63, 3.8) is 0 Å². The number of aryl methyl sites for hydroxylation is 1. The Labute approximate surface area is 133 Å². The first-order valence-corrected chi connectivity index (χ1v) is 7.46. The maximum absolute atomic E-state index is 6.13. The summed E-state index contributed by atoms with van der Waals surface area (Å²) in [5, 5.41) is 5.71. The monoisotopic (exact) mass is 319 g/mol. The van der Waals surface area contributed by atoms with E-state index in [1.807, 2.05) is 49.5 Å². The highest BCUT2D eigenvalue weighted by atomic mass is 35.5. The number of nitrogens with one attached hydrogen (secondary N) is 1. The zero-order valence-electron chi connectivity index (χ0n) is 11.8. The molecule has 0 aliphatic carbocycles. The van der Waals surface area contributed by atoms with E-state index in [-0.39, 0.29) is 6.04 Å². The summed E-state index contributed by atoms with van der Waals surface area (Å²) in [6.07, 6.45) is 0. The topological polar surface area (TPSA) is 25.2 Å². The highest BCUT2D eigenvalue weighted by Gasteiger charge is 2.19. The highest BCUT2D eigenvalue weighted by molar-refractivity contribution is 6.31. The molecule has 108 valence electrons. The van der Waals surface area contributed by atoms with E-state index in [9.17, 15) is 0 Å². The van der Waals surface area contributed by atoms with Gasteiger partial charge in [-0.15, -0.1) is 0 Å². The quantitative estimate of drug-likeness (QED) is 0.703. The predicted octanol–water partition coefficient (Wildman–Crippen LogP) is 5.36. The Morgan fingerprint density at radius 2 is 1.71 bits per heavy atom. The summed E-state index contributed by atoms with van der Waals surface area (Å²) >= 11 is 12.2. The van der Waals surface area contributed by atoms with Crippen LogP contribution in [0.25, 0.3) is 11.0 Å². The lowest BCUT2D eigenvalue weighted by atomic mass is 9.99. The Morgan fingerprint density at radius 1 is 1.00 bits per heavy atom. The lowest BCUT2D eigenvalue weighted by Gasteiger charge is -2.16. The van der Waals surface area contributed by atoms with Gasteiger partial charge in [-0.05, 0) is 61.5 Å². The molecule has 0 bridgehead atoms. The zero-order valence-corrected chi connectivity index (χ0v) is 13.3. The van der Waals surface area contributed by atoms with Crippen LogP contribution in [0, 0.1) is 6.92 Å². The SMILES string of the molecule is CNC(c1cc2cc(Cl)ccc2o1)c1cc(Cl)ccc1C. The van der Waals surface area contributed by atoms with Crippen molar-refractivity contribution in [3.05, 3.63) is 69.4 Å². The van der Waals surface area contributed by atoms with Gasteiger partial charge in [0.2, 0.25) is 0 Å². The van der Waals surface area contributed by atoms with E-state index in [1.54, 1.807) is 0 Å². The van der Waals surface area contributed by atoms with Crippen LogP contribution in [0.4, 0.5) is 0 Å². The first kappa shape index (κ1) is 14.5. The van der Waals surface area contributed by atoms with Crippen LogP contribution in [0.3, 0.4) is 0 Å². The van der Waals surface area contributed by atoms with Gasteiger partial charge in [-0.25, -0.2) is 0 Å². The molecule has 0 amide bonds. The Balaban J connectivity index is 2.11. The van der Waals surface area contributed by atoms with E-state index in [2.05, 4.69) is 12.2 Å². The van der Waals surface area contributed by atoms with Gasteiger partial charge in [0.15, 0.2) is 0 Å². The van der Waals surface area contributed by atoms with Gasteiger partial charge in [0.05, 0.1) is 6.04 Å². The summed E-state index contributed by atoms with van der Waals surface area (Å²) in [4.78, 5) is 0. The van der Waals surface area contributed by atoms with Crippen LogP contribution in [0.1, 0.15) is 22.9 Å². The number of furan rings is 1. The second-order valence-electron chi connectivity index (χ2n) is 5.05. The fourth-order valence-corrected chi connectivity index (χ4v) is 2.91. The average molecular weight is 320 g/mol. The van der Waals surface area contributed by atoms with Crippen LogP contribution < -0.4 is 5.32 Å². The summed E-state index contributed by atoms with van der Waals surface area (Å²) in [6, 6.07) is 13.5. The zero-order chi connectivity index (χ0) is 15.0. The molecule has 1 atom stereocenters. The van der Waals surface area contributed by atoms with Crippen molar-refractivity contribution in [2.75, 3.05) is 7.05 Å². The van der Waals surface area contributed by atoms with Crippen molar-refractivity contribution >= 4 is 34.2 Å².